The molecule has 76 valence electrons. The minimum Gasteiger partial charge on any atom is -0.357 e. The van der Waals surface area contributed by atoms with E-state index in [9.17, 15) is 4.79 Å². The zero-order valence-electron chi connectivity index (χ0n) is 8.53. The van der Waals surface area contributed by atoms with Crippen molar-refractivity contribution in [2.24, 2.45) is 13.0 Å². The number of hydrogen-bond donors (Lipinski definition) is 2. The monoisotopic (exact) mass is 194 g/mol. The van der Waals surface area contributed by atoms with Crippen LogP contribution in [0.25, 0.3) is 0 Å². The van der Waals surface area contributed by atoms with Crippen molar-refractivity contribution < 1.29 is 4.79 Å². The number of rotatable bonds is 1. The first kappa shape index (κ1) is 9.05. The van der Waals surface area contributed by atoms with Crippen LogP contribution >= 0.6 is 0 Å². The van der Waals surface area contributed by atoms with Crippen LogP contribution in [0.2, 0.25) is 0 Å². The lowest BCUT2D eigenvalue weighted by Crippen LogP contribution is -2.42. The molecule has 5 heteroatoms. The van der Waals surface area contributed by atoms with Crippen LogP contribution in [0.1, 0.15) is 13.8 Å². The van der Waals surface area contributed by atoms with Gasteiger partial charge in [0.05, 0.1) is 6.20 Å². The van der Waals surface area contributed by atoms with Gasteiger partial charge in [0, 0.05) is 7.05 Å². The van der Waals surface area contributed by atoms with Gasteiger partial charge in [0.2, 0.25) is 5.91 Å². The van der Waals surface area contributed by atoms with E-state index in [4.69, 9.17) is 0 Å². The lowest BCUT2D eigenvalue weighted by Gasteiger charge is -2.27. The smallest absolute Gasteiger partial charge is 0.247 e. The van der Waals surface area contributed by atoms with Crippen molar-refractivity contribution in [1.29, 1.82) is 0 Å². The molecule has 1 aromatic rings. The molecule has 0 saturated carbocycles. The molecule has 0 saturated heterocycles. The van der Waals surface area contributed by atoms with Crippen molar-refractivity contribution in [1.82, 2.24) is 9.78 Å². The zero-order chi connectivity index (χ0) is 10.3. The van der Waals surface area contributed by atoms with Crippen molar-refractivity contribution in [3.63, 3.8) is 0 Å². The number of nitrogens with zero attached hydrogens (tertiary/aromatic N) is 2. The fourth-order valence-electron chi connectivity index (χ4n) is 1.59. The maximum atomic E-state index is 11.6. The Morgan fingerprint density at radius 3 is 2.93 bits per heavy atom. The van der Waals surface area contributed by atoms with Gasteiger partial charge in [-0.25, -0.2) is 0 Å². The van der Waals surface area contributed by atoms with E-state index in [0.717, 1.165) is 11.5 Å². The highest BCUT2D eigenvalue weighted by Gasteiger charge is 2.29. The first-order valence-electron chi connectivity index (χ1n) is 4.69. The number of amides is 1. The van der Waals surface area contributed by atoms with Crippen molar-refractivity contribution in [2.45, 2.75) is 19.9 Å². The second kappa shape index (κ2) is 3.01. The summed E-state index contributed by atoms with van der Waals surface area (Å²) in [6.07, 6.45) is 1.65. The summed E-state index contributed by atoms with van der Waals surface area (Å²) in [6, 6.07) is -0.169. The van der Waals surface area contributed by atoms with Gasteiger partial charge >= 0.3 is 0 Å². The van der Waals surface area contributed by atoms with E-state index in [1.807, 2.05) is 20.9 Å². The van der Waals surface area contributed by atoms with Gasteiger partial charge < -0.3 is 10.6 Å². The van der Waals surface area contributed by atoms with E-state index in [-0.39, 0.29) is 17.9 Å². The highest BCUT2D eigenvalue weighted by Crippen LogP contribution is 2.27. The summed E-state index contributed by atoms with van der Waals surface area (Å²) >= 11 is 0. The zero-order valence-corrected chi connectivity index (χ0v) is 8.53. The molecule has 14 heavy (non-hydrogen) atoms. The van der Waals surface area contributed by atoms with Gasteiger partial charge in [-0.1, -0.05) is 13.8 Å². The molecule has 1 amide bonds. The summed E-state index contributed by atoms with van der Waals surface area (Å²) in [6.45, 7) is 4.03. The number of carbonyl (C=O) groups is 1. The number of aromatic nitrogens is 2. The van der Waals surface area contributed by atoms with Crippen LogP contribution in [0.3, 0.4) is 0 Å². The number of anilines is 2. The van der Waals surface area contributed by atoms with Gasteiger partial charge in [-0.3, -0.25) is 9.48 Å². The first-order valence-corrected chi connectivity index (χ1v) is 4.69. The summed E-state index contributed by atoms with van der Waals surface area (Å²) in [5.41, 5.74) is 0.759. The predicted octanol–water partition coefficient (Wildman–Crippen LogP) is 0.809. The standard InChI is InChI=1S/C9H14N4O/c1-5(2)7-9(14)11-6-4-10-13(3)8(6)12-7/h4-5,7,12H,1-3H3,(H,11,14). The van der Waals surface area contributed by atoms with Crippen molar-refractivity contribution >= 4 is 17.4 Å². The van der Waals surface area contributed by atoms with Gasteiger partial charge in [0.25, 0.3) is 0 Å². The Bertz CT molecular complexity index is 369. The summed E-state index contributed by atoms with van der Waals surface area (Å²) < 4.78 is 1.73. The summed E-state index contributed by atoms with van der Waals surface area (Å²) in [5, 5.41) is 10.1. The second-order valence-electron chi connectivity index (χ2n) is 3.89. The molecular weight excluding hydrogens is 180 g/mol. The third kappa shape index (κ3) is 1.25. The highest BCUT2D eigenvalue weighted by atomic mass is 16.2. The lowest BCUT2D eigenvalue weighted by molar-refractivity contribution is -0.117. The lowest BCUT2D eigenvalue weighted by atomic mass is 10.0. The Morgan fingerprint density at radius 1 is 1.57 bits per heavy atom. The predicted molar refractivity (Wildman–Crippen MR) is 54.1 cm³/mol. The summed E-state index contributed by atoms with van der Waals surface area (Å²) in [7, 11) is 1.85. The van der Waals surface area contributed by atoms with Gasteiger partial charge in [-0.05, 0) is 5.92 Å². The molecule has 2 heterocycles. The maximum absolute atomic E-state index is 11.6. The largest absolute Gasteiger partial charge is 0.357 e. The Kier molecular flexibility index (Phi) is 1.94. The van der Waals surface area contributed by atoms with E-state index in [2.05, 4.69) is 15.7 Å². The van der Waals surface area contributed by atoms with Crippen LogP contribution in [-0.4, -0.2) is 21.7 Å². The summed E-state index contributed by atoms with van der Waals surface area (Å²) in [4.78, 5) is 11.6. The maximum Gasteiger partial charge on any atom is 0.247 e. The molecule has 1 aliphatic heterocycles. The average molecular weight is 194 g/mol. The van der Waals surface area contributed by atoms with Gasteiger partial charge in [-0.15, -0.1) is 0 Å². The van der Waals surface area contributed by atoms with E-state index < -0.39 is 0 Å². The van der Waals surface area contributed by atoms with Crippen LogP contribution in [0.5, 0.6) is 0 Å². The molecule has 0 bridgehead atoms. The van der Waals surface area contributed by atoms with E-state index in [0.29, 0.717) is 0 Å². The van der Waals surface area contributed by atoms with Gasteiger partial charge in [0.15, 0.2) is 0 Å². The quantitative estimate of drug-likeness (QED) is 0.695. The number of carbonyl (C=O) groups excluding carboxylic acids is 1. The average Bonchev–Trinajstić information content (AvgIpc) is 2.46. The molecule has 0 spiro atoms. The fourth-order valence-corrected chi connectivity index (χ4v) is 1.59. The molecule has 0 aromatic carbocycles. The van der Waals surface area contributed by atoms with Crippen LogP contribution in [0.15, 0.2) is 6.20 Å². The molecular formula is C9H14N4O. The molecule has 1 aromatic heterocycles. The topological polar surface area (TPSA) is 59.0 Å². The van der Waals surface area contributed by atoms with Crippen LogP contribution < -0.4 is 10.6 Å². The Balaban J connectivity index is 2.33. The van der Waals surface area contributed by atoms with Crippen molar-refractivity contribution in [3.8, 4) is 0 Å². The van der Waals surface area contributed by atoms with E-state index in [1.54, 1.807) is 10.9 Å². The van der Waals surface area contributed by atoms with Crippen molar-refractivity contribution in [2.75, 3.05) is 10.6 Å². The molecule has 1 atom stereocenters. The van der Waals surface area contributed by atoms with E-state index in [1.165, 1.54) is 0 Å². The molecule has 1 unspecified atom stereocenters. The summed E-state index contributed by atoms with van der Waals surface area (Å²) in [5.74, 6) is 1.15. The number of nitrogens with one attached hydrogen (secondary N) is 2. The Morgan fingerprint density at radius 2 is 2.29 bits per heavy atom. The second-order valence-corrected chi connectivity index (χ2v) is 3.89. The minimum atomic E-state index is -0.169. The Labute approximate surface area is 82.5 Å². The number of hydrogen-bond acceptors (Lipinski definition) is 3. The number of fused-ring (bicyclic) bond motifs is 1. The molecule has 1 aliphatic rings. The molecule has 0 fully saturated rings. The molecule has 2 N–H and O–H groups in total. The molecule has 2 rings (SSSR count). The van der Waals surface area contributed by atoms with E-state index >= 15 is 0 Å². The molecule has 0 radical (unpaired) electrons. The van der Waals surface area contributed by atoms with Gasteiger partial charge in [0.1, 0.15) is 17.5 Å². The first-order chi connectivity index (χ1) is 6.59. The molecule has 5 nitrogen and oxygen atoms in total. The third-order valence-corrected chi connectivity index (χ3v) is 2.44. The Hall–Kier alpha value is -1.52. The molecule has 0 aliphatic carbocycles. The third-order valence-electron chi connectivity index (χ3n) is 2.44. The normalized spacial score (nSPS) is 20.3. The minimum absolute atomic E-state index is 0.0144. The fraction of sp³-hybridized carbons (Fsp3) is 0.556. The van der Waals surface area contributed by atoms with Crippen LogP contribution in [0.4, 0.5) is 11.5 Å². The highest BCUT2D eigenvalue weighted by molar-refractivity contribution is 6.02. The van der Waals surface area contributed by atoms with Crippen LogP contribution in [-0.2, 0) is 11.8 Å². The number of aryl methyl sites for hydroxylation is 1. The van der Waals surface area contributed by atoms with Gasteiger partial charge in [-0.2, -0.15) is 5.10 Å². The van der Waals surface area contributed by atoms with Crippen molar-refractivity contribution in [3.05, 3.63) is 6.20 Å². The van der Waals surface area contributed by atoms with Crippen LogP contribution in [0, 0.1) is 5.92 Å². The SMILES string of the molecule is CC(C)C1Nc2c(cnn2C)NC1=O.